The lowest BCUT2D eigenvalue weighted by Crippen LogP contribution is -2.23. The van der Waals surface area contributed by atoms with E-state index in [0.717, 1.165) is 15.1 Å². The molecule has 2 N–H and O–H groups in total. The SMILES string of the molecule is COc1ncc2cc1NS(=O)(=O)c1cccc(c1)C(=O)NCc1nc(cs1)-c1ncnc3cc-2sc13. The van der Waals surface area contributed by atoms with Crippen LogP contribution in [0.15, 0.2) is 59.2 Å². The zero-order valence-electron chi connectivity index (χ0n) is 18.5. The Morgan fingerprint density at radius 3 is 2.83 bits per heavy atom. The summed E-state index contributed by atoms with van der Waals surface area (Å²) in [6.45, 7) is 0.191. The number of nitrogens with one attached hydrogen (secondary N) is 2. The number of benzene rings is 1. The molecule has 0 saturated heterocycles. The molecule has 8 bridgehead atoms. The van der Waals surface area contributed by atoms with E-state index in [1.54, 1.807) is 18.3 Å². The third-order valence-corrected chi connectivity index (χ3v) is 8.88. The number of hydrogen-bond acceptors (Lipinski definition) is 10. The van der Waals surface area contributed by atoms with Gasteiger partial charge < -0.3 is 10.1 Å². The van der Waals surface area contributed by atoms with E-state index < -0.39 is 15.9 Å². The Kier molecular flexibility index (Phi) is 5.39. The minimum absolute atomic E-state index is 0.0676. The molecule has 10 nitrogen and oxygen atoms in total. The fourth-order valence-corrected chi connectivity index (χ4v) is 6.67. The third-order valence-electron chi connectivity index (χ3n) is 5.49. The van der Waals surface area contributed by atoms with Gasteiger partial charge in [-0.15, -0.1) is 22.7 Å². The number of carbonyl (C=O) groups excluding carboxylic acids is 1. The Labute approximate surface area is 213 Å². The summed E-state index contributed by atoms with van der Waals surface area (Å²) in [5.74, 6) is -0.305. The lowest BCUT2D eigenvalue weighted by atomic mass is 10.2. The number of ether oxygens (including phenoxy) is 1. The normalized spacial score (nSPS) is 14.5. The maximum atomic E-state index is 13.2. The van der Waals surface area contributed by atoms with Gasteiger partial charge in [0.25, 0.3) is 15.9 Å². The van der Waals surface area contributed by atoms with E-state index in [4.69, 9.17) is 4.74 Å². The molecule has 36 heavy (non-hydrogen) atoms. The van der Waals surface area contributed by atoms with Crippen molar-refractivity contribution in [3.05, 3.63) is 64.9 Å². The van der Waals surface area contributed by atoms with Crippen LogP contribution in [0.1, 0.15) is 15.4 Å². The number of pyridine rings is 1. The fourth-order valence-electron chi connectivity index (χ4n) is 3.77. The van der Waals surface area contributed by atoms with Crippen LogP contribution in [0.25, 0.3) is 32.0 Å². The number of anilines is 1. The van der Waals surface area contributed by atoms with E-state index in [0.29, 0.717) is 22.0 Å². The van der Waals surface area contributed by atoms with E-state index in [1.165, 1.54) is 54.3 Å². The van der Waals surface area contributed by atoms with Crippen molar-refractivity contribution in [2.75, 3.05) is 11.8 Å². The first kappa shape index (κ1) is 22.5. The molecule has 1 aromatic carbocycles. The molecule has 1 amide bonds. The molecule has 5 aromatic rings. The average Bonchev–Trinajstić information content (AvgIpc) is 3.54. The molecule has 180 valence electrons. The molecule has 4 aromatic heterocycles. The molecular formula is C23H16N6O4S3. The van der Waals surface area contributed by atoms with Gasteiger partial charge in [0.05, 0.1) is 28.8 Å². The molecule has 6 rings (SSSR count). The highest BCUT2D eigenvalue weighted by Crippen LogP contribution is 2.39. The summed E-state index contributed by atoms with van der Waals surface area (Å²) < 4.78 is 35.2. The number of methoxy groups -OCH3 is 1. The van der Waals surface area contributed by atoms with Crippen molar-refractivity contribution in [1.29, 1.82) is 0 Å². The number of hydrogen-bond donors (Lipinski definition) is 2. The van der Waals surface area contributed by atoms with Crippen molar-refractivity contribution in [2.45, 2.75) is 11.4 Å². The lowest BCUT2D eigenvalue weighted by Gasteiger charge is -2.13. The monoisotopic (exact) mass is 536 g/mol. The maximum absolute atomic E-state index is 13.2. The second-order valence-electron chi connectivity index (χ2n) is 7.77. The number of thiophene rings is 1. The van der Waals surface area contributed by atoms with Crippen molar-refractivity contribution in [1.82, 2.24) is 25.3 Å². The van der Waals surface area contributed by atoms with E-state index in [9.17, 15) is 13.2 Å². The Balaban J connectivity index is 1.56. The second-order valence-corrected chi connectivity index (χ2v) is 11.4. The molecule has 13 heteroatoms. The van der Waals surface area contributed by atoms with Crippen LogP contribution < -0.4 is 14.8 Å². The summed E-state index contributed by atoms with van der Waals surface area (Å²) in [6.07, 6.45) is 3.09. The number of sulfonamides is 1. The topological polar surface area (TPSA) is 136 Å². The van der Waals surface area contributed by atoms with Crippen LogP contribution in [0.2, 0.25) is 0 Å². The summed E-state index contributed by atoms with van der Waals surface area (Å²) in [4.78, 5) is 31.3. The molecule has 0 radical (unpaired) electrons. The van der Waals surface area contributed by atoms with Gasteiger partial charge in [0.15, 0.2) is 0 Å². The first-order valence-electron chi connectivity index (χ1n) is 10.6. The van der Waals surface area contributed by atoms with Gasteiger partial charge in [-0.25, -0.2) is 28.4 Å². The first-order chi connectivity index (χ1) is 17.4. The Morgan fingerprint density at radius 2 is 1.97 bits per heavy atom. The Bertz CT molecular complexity index is 1760. The summed E-state index contributed by atoms with van der Waals surface area (Å²) in [5.41, 5.74) is 3.15. The molecule has 0 spiro atoms. The number of fused-ring (bicyclic) bond motifs is 9. The van der Waals surface area contributed by atoms with Gasteiger partial charge in [0.2, 0.25) is 5.88 Å². The molecule has 5 heterocycles. The second kappa shape index (κ2) is 8.62. The predicted molar refractivity (Wildman–Crippen MR) is 137 cm³/mol. The van der Waals surface area contributed by atoms with E-state index >= 15 is 0 Å². The fraction of sp³-hybridized carbons (Fsp3) is 0.0870. The highest BCUT2D eigenvalue weighted by atomic mass is 32.2. The highest BCUT2D eigenvalue weighted by molar-refractivity contribution is 7.92. The molecule has 0 saturated carbocycles. The highest BCUT2D eigenvalue weighted by Gasteiger charge is 2.21. The molecule has 0 atom stereocenters. The maximum Gasteiger partial charge on any atom is 0.262 e. The Hall–Kier alpha value is -3.94. The van der Waals surface area contributed by atoms with Gasteiger partial charge in [-0.1, -0.05) is 6.07 Å². The number of rotatable bonds is 1. The van der Waals surface area contributed by atoms with Crippen LogP contribution in [0.4, 0.5) is 5.69 Å². The van der Waals surface area contributed by atoms with Gasteiger partial charge in [0, 0.05) is 27.6 Å². The van der Waals surface area contributed by atoms with Gasteiger partial charge in [0.1, 0.15) is 28.4 Å². The van der Waals surface area contributed by atoms with Crippen LogP contribution in [-0.4, -0.2) is 41.4 Å². The molecule has 1 aliphatic heterocycles. The van der Waals surface area contributed by atoms with Gasteiger partial charge in [-0.2, -0.15) is 0 Å². The van der Waals surface area contributed by atoms with Gasteiger partial charge >= 0.3 is 0 Å². The molecule has 1 aliphatic rings. The number of thiazole rings is 1. The van der Waals surface area contributed by atoms with Crippen LogP contribution in [0.3, 0.4) is 0 Å². The van der Waals surface area contributed by atoms with Crippen LogP contribution in [0, 0.1) is 0 Å². The predicted octanol–water partition coefficient (Wildman–Crippen LogP) is 3.93. The Morgan fingerprint density at radius 1 is 1.08 bits per heavy atom. The zero-order valence-corrected chi connectivity index (χ0v) is 21.0. The minimum Gasteiger partial charge on any atom is -0.480 e. The number of aromatic nitrogens is 4. The summed E-state index contributed by atoms with van der Waals surface area (Å²) in [5, 5.41) is 5.38. The molecule has 0 unspecified atom stereocenters. The van der Waals surface area contributed by atoms with Crippen molar-refractivity contribution >= 4 is 54.5 Å². The van der Waals surface area contributed by atoms with Crippen LogP contribution >= 0.6 is 22.7 Å². The number of amides is 1. The van der Waals surface area contributed by atoms with E-state index in [1.807, 2.05) is 11.4 Å². The van der Waals surface area contributed by atoms with E-state index in [-0.39, 0.29) is 28.6 Å². The van der Waals surface area contributed by atoms with Crippen molar-refractivity contribution < 1.29 is 17.9 Å². The van der Waals surface area contributed by atoms with Crippen LogP contribution in [-0.2, 0) is 16.6 Å². The van der Waals surface area contributed by atoms with Crippen molar-refractivity contribution in [2.24, 2.45) is 0 Å². The smallest absolute Gasteiger partial charge is 0.262 e. The quantitative estimate of drug-likeness (QED) is 0.329. The molecule has 0 aliphatic carbocycles. The van der Waals surface area contributed by atoms with Gasteiger partial charge in [-0.3, -0.25) is 9.52 Å². The van der Waals surface area contributed by atoms with Gasteiger partial charge in [-0.05, 0) is 30.3 Å². The number of nitrogens with zero attached hydrogens (tertiary/aromatic N) is 4. The summed E-state index contributed by atoms with van der Waals surface area (Å²) in [6, 6.07) is 9.36. The van der Waals surface area contributed by atoms with Crippen LogP contribution in [0.5, 0.6) is 5.88 Å². The van der Waals surface area contributed by atoms with Crippen molar-refractivity contribution in [3.63, 3.8) is 0 Å². The average molecular weight is 537 g/mol. The zero-order chi connectivity index (χ0) is 24.9. The molecule has 0 fully saturated rings. The standard InChI is InChI=1S/C23H16N6O4S3/c1-33-23-16-6-13(8-25-23)18-7-15-21(35-18)20(27-11-26-15)17-10-34-19(28-17)9-24-22(30)12-3-2-4-14(5-12)36(31,32)29-16/h2-8,10-11,29H,9H2,1H3,(H,24,30). The van der Waals surface area contributed by atoms with E-state index in [2.05, 4.69) is 30.0 Å². The molecular weight excluding hydrogens is 520 g/mol. The largest absolute Gasteiger partial charge is 0.480 e. The third kappa shape index (κ3) is 3.96. The first-order valence-corrected chi connectivity index (χ1v) is 13.7. The summed E-state index contributed by atoms with van der Waals surface area (Å²) in [7, 11) is -2.65. The number of carbonyl (C=O) groups is 1. The lowest BCUT2D eigenvalue weighted by molar-refractivity contribution is 0.0950. The minimum atomic E-state index is -4.06. The summed E-state index contributed by atoms with van der Waals surface area (Å²) >= 11 is 2.85. The van der Waals surface area contributed by atoms with Crippen molar-refractivity contribution in [3.8, 4) is 27.7 Å².